The van der Waals surface area contributed by atoms with Gasteiger partial charge in [0, 0.05) is 19.7 Å². The maximum absolute atomic E-state index is 8.13. The van der Waals surface area contributed by atoms with Crippen molar-refractivity contribution >= 4 is 8.32 Å². The number of likely N-dealkylation sites (N-methyl/N-ethyl adjacent to an activating group) is 2. The Morgan fingerprint density at radius 3 is 1.79 bits per heavy atom. The highest BCUT2D eigenvalue weighted by molar-refractivity contribution is 6.74. The lowest BCUT2D eigenvalue weighted by Crippen LogP contribution is -2.42. The van der Waals surface area contributed by atoms with E-state index < -0.39 is 8.32 Å². The Bertz CT molecular complexity index is 190. The molecule has 0 saturated heterocycles. The van der Waals surface area contributed by atoms with Crippen molar-refractivity contribution in [3.8, 4) is 0 Å². The van der Waals surface area contributed by atoms with Gasteiger partial charge in [-0.25, -0.2) is 0 Å². The summed E-state index contributed by atoms with van der Waals surface area (Å²) in [5.41, 5.74) is 0. The van der Waals surface area contributed by atoms with Crippen molar-refractivity contribution in [1.29, 1.82) is 0 Å². The summed E-state index contributed by atoms with van der Waals surface area (Å²) >= 11 is 0. The molecule has 0 radical (unpaired) electrons. The molecule has 0 atom stereocenters. The Hall–Kier alpha value is 0.0569. The van der Waals surface area contributed by atoms with Gasteiger partial charge in [0.15, 0.2) is 8.32 Å². The fourth-order valence-corrected chi connectivity index (χ4v) is 2.07. The van der Waals surface area contributed by atoms with E-state index in [-0.39, 0.29) is 6.61 Å². The van der Waals surface area contributed by atoms with E-state index in [2.05, 4.69) is 51.4 Å². The SMILES string of the molecule is CCNCCO.CCNCCO[Si](C)(C)C(C)(C)C. The van der Waals surface area contributed by atoms with Gasteiger partial charge in [-0.1, -0.05) is 34.6 Å². The first-order valence-corrected chi connectivity index (χ1v) is 10.3. The Kier molecular flexibility index (Phi) is 13.3. The van der Waals surface area contributed by atoms with Crippen LogP contribution >= 0.6 is 0 Å². The molecule has 19 heavy (non-hydrogen) atoms. The molecule has 0 aromatic rings. The summed E-state index contributed by atoms with van der Waals surface area (Å²) < 4.78 is 5.97. The van der Waals surface area contributed by atoms with Crippen molar-refractivity contribution in [1.82, 2.24) is 10.6 Å². The summed E-state index contributed by atoms with van der Waals surface area (Å²) in [6.07, 6.45) is 0. The fourth-order valence-electron chi connectivity index (χ4n) is 1.03. The van der Waals surface area contributed by atoms with Gasteiger partial charge in [0.1, 0.15) is 0 Å². The normalized spacial score (nSPS) is 12.0. The summed E-state index contributed by atoms with van der Waals surface area (Å²) in [5, 5.41) is 14.7. The molecule has 0 aromatic heterocycles. The zero-order valence-corrected chi connectivity index (χ0v) is 15.1. The maximum atomic E-state index is 8.13. The fraction of sp³-hybridized carbons (Fsp3) is 1.00. The third-order valence-corrected chi connectivity index (χ3v) is 7.87. The number of rotatable bonds is 8. The van der Waals surface area contributed by atoms with Gasteiger partial charge in [-0.05, 0) is 31.2 Å². The molecule has 0 rings (SSSR count). The molecule has 0 saturated carbocycles. The molecule has 0 unspecified atom stereocenters. The minimum Gasteiger partial charge on any atom is -0.416 e. The monoisotopic (exact) mass is 292 g/mol. The first-order valence-electron chi connectivity index (χ1n) is 7.39. The summed E-state index contributed by atoms with van der Waals surface area (Å²) in [4.78, 5) is 0. The van der Waals surface area contributed by atoms with Crippen LogP contribution in [0.15, 0.2) is 0 Å². The van der Waals surface area contributed by atoms with Gasteiger partial charge in [-0.15, -0.1) is 0 Å². The highest BCUT2D eigenvalue weighted by Crippen LogP contribution is 2.36. The average molecular weight is 293 g/mol. The predicted octanol–water partition coefficient (Wildman–Crippen LogP) is 2.21. The van der Waals surface area contributed by atoms with E-state index in [0.29, 0.717) is 5.04 Å². The molecule has 0 amide bonds. The van der Waals surface area contributed by atoms with Crippen LogP contribution in [0, 0.1) is 0 Å². The first kappa shape index (κ1) is 21.4. The van der Waals surface area contributed by atoms with E-state index in [4.69, 9.17) is 9.53 Å². The minimum atomic E-state index is -1.49. The van der Waals surface area contributed by atoms with Gasteiger partial charge in [0.25, 0.3) is 0 Å². The Morgan fingerprint density at radius 2 is 1.47 bits per heavy atom. The summed E-state index contributed by atoms with van der Waals surface area (Å²) in [6.45, 7) is 20.3. The Balaban J connectivity index is 0. The average Bonchev–Trinajstić information content (AvgIpc) is 2.31. The molecule has 0 bridgehead atoms. The smallest absolute Gasteiger partial charge is 0.192 e. The van der Waals surface area contributed by atoms with Gasteiger partial charge < -0.3 is 20.2 Å². The number of hydrogen-bond donors (Lipinski definition) is 3. The second-order valence-corrected chi connectivity index (χ2v) is 10.8. The first-order chi connectivity index (χ1) is 8.72. The highest BCUT2D eigenvalue weighted by atomic mass is 28.4. The van der Waals surface area contributed by atoms with Crippen LogP contribution in [0.25, 0.3) is 0 Å². The van der Waals surface area contributed by atoms with Crippen molar-refractivity contribution in [2.75, 3.05) is 39.4 Å². The number of hydrogen-bond acceptors (Lipinski definition) is 4. The molecule has 3 N–H and O–H groups in total. The molecule has 5 heteroatoms. The minimum absolute atomic E-state index is 0.244. The van der Waals surface area contributed by atoms with E-state index >= 15 is 0 Å². The molecular weight excluding hydrogens is 256 g/mol. The van der Waals surface area contributed by atoms with Crippen molar-refractivity contribution < 1.29 is 9.53 Å². The molecule has 0 aliphatic rings. The van der Waals surface area contributed by atoms with E-state index in [1.165, 1.54) is 0 Å². The topological polar surface area (TPSA) is 53.5 Å². The van der Waals surface area contributed by atoms with Gasteiger partial charge in [-0.2, -0.15) is 0 Å². The van der Waals surface area contributed by atoms with Gasteiger partial charge >= 0.3 is 0 Å². The molecule has 118 valence electrons. The van der Waals surface area contributed by atoms with Crippen LogP contribution in [0.1, 0.15) is 34.6 Å². The molecular formula is C14H36N2O2Si. The lowest BCUT2D eigenvalue weighted by atomic mass is 10.2. The highest BCUT2D eigenvalue weighted by Gasteiger charge is 2.36. The zero-order valence-electron chi connectivity index (χ0n) is 14.1. The molecule has 0 aliphatic carbocycles. The van der Waals surface area contributed by atoms with E-state index in [9.17, 15) is 0 Å². The lowest BCUT2D eigenvalue weighted by molar-refractivity contribution is 0.287. The van der Waals surface area contributed by atoms with Crippen LogP contribution in [0.5, 0.6) is 0 Å². The Morgan fingerprint density at radius 1 is 1.00 bits per heavy atom. The Labute approximate surface area is 121 Å². The largest absolute Gasteiger partial charge is 0.416 e. The standard InChI is InChI=1S/C10H25NOSi.C4H11NO/c1-7-11-8-9-12-13(5,6)10(2,3)4;1-2-5-3-4-6/h11H,7-9H2,1-6H3;5-6H,2-4H2,1H3. The third-order valence-electron chi connectivity index (χ3n) is 3.34. The van der Waals surface area contributed by atoms with Crippen LogP contribution in [-0.4, -0.2) is 52.8 Å². The van der Waals surface area contributed by atoms with Crippen molar-refractivity contribution in [2.24, 2.45) is 0 Å². The quantitative estimate of drug-likeness (QED) is 0.474. The van der Waals surface area contributed by atoms with Crippen LogP contribution in [0.3, 0.4) is 0 Å². The van der Waals surface area contributed by atoms with Gasteiger partial charge in [0.05, 0.1) is 6.61 Å². The molecule has 0 fully saturated rings. The van der Waals surface area contributed by atoms with Crippen LogP contribution < -0.4 is 10.6 Å². The van der Waals surface area contributed by atoms with E-state index in [1.807, 2.05) is 6.92 Å². The van der Waals surface area contributed by atoms with Crippen molar-refractivity contribution in [2.45, 2.75) is 52.8 Å². The van der Waals surface area contributed by atoms with Crippen molar-refractivity contribution in [3.05, 3.63) is 0 Å². The zero-order chi connectivity index (χ0) is 15.4. The molecule has 0 heterocycles. The number of nitrogens with one attached hydrogen (secondary N) is 2. The summed E-state index contributed by atoms with van der Waals surface area (Å²) in [6, 6.07) is 0. The van der Waals surface area contributed by atoms with Gasteiger partial charge in [0.2, 0.25) is 0 Å². The molecule has 0 aliphatic heterocycles. The second-order valence-electron chi connectivity index (χ2n) is 6.04. The third kappa shape index (κ3) is 12.8. The second kappa shape index (κ2) is 11.8. The van der Waals surface area contributed by atoms with Crippen LogP contribution in [-0.2, 0) is 4.43 Å². The van der Waals surface area contributed by atoms with Crippen LogP contribution in [0.4, 0.5) is 0 Å². The van der Waals surface area contributed by atoms with Gasteiger partial charge in [-0.3, -0.25) is 0 Å². The summed E-state index contributed by atoms with van der Waals surface area (Å²) in [5.74, 6) is 0. The molecule has 4 nitrogen and oxygen atoms in total. The maximum Gasteiger partial charge on any atom is 0.192 e. The lowest BCUT2D eigenvalue weighted by Gasteiger charge is -2.36. The van der Waals surface area contributed by atoms with E-state index in [1.54, 1.807) is 0 Å². The number of aliphatic hydroxyl groups excluding tert-OH is 1. The predicted molar refractivity (Wildman–Crippen MR) is 87.3 cm³/mol. The van der Waals surface area contributed by atoms with Crippen molar-refractivity contribution in [3.63, 3.8) is 0 Å². The van der Waals surface area contributed by atoms with E-state index in [0.717, 1.165) is 32.8 Å². The van der Waals surface area contributed by atoms with Crippen LogP contribution in [0.2, 0.25) is 18.1 Å². The molecule has 0 aromatic carbocycles. The molecule has 0 spiro atoms. The summed E-state index contributed by atoms with van der Waals surface area (Å²) in [7, 11) is -1.49. The number of aliphatic hydroxyl groups is 1.